The molecule has 1 aromatic rings. The molecule has 1 aromatic carbocycles. The minimum atomic E-state index is -0.374. The summed E-state index contributed by atoms with van der Waals surface area (Å²) in [5.74, 6) is 0. The predicted molar refractivity (Wildman–Crippen MR) is 73.3 cm³/mol. The number of hydrogen-bond donors (Lipinski definition) is 2. The van der Waals surface area contributed by atoms with Crippen molar-refractivity contribution in [3.05, 3.63) is 33.9 Å². The fraction of sp³-hybridized carbons (Fsp3) is 0.538. The third-order valence-corrected chi connectivity index (χ3v) is 3.57. The summed E-state index contributed by atoms with van der Waals surface area (Å²) in [6, 6.07) is 5.04. The molecule has 2 rings (SSSR count). The van der Waals surface area contributed by atoms with E-state index in [2.05, 4.69) is 5.32 Å². The molecule has 0 spiro atoms. The molecule has 1 aliphatic carbocycles. The number of nitrogens with two attached hydrogens (primary N) is 1. The highest BCUT2D eigenvalue weighted by Crippen LogP contribution is 2.30. The zero-order chi connectivity index (χ0) is 14.0. The molecular weight excluding hydrogens is 246 g/mol. The monoisotopic (exact) mass is 265 g/mol. The lowest BCUT2D eigenvalue weighted by molar-refractivity contribution is -0.385. The molecule has 0 aromatic heterocycles. The average Bonchev–Trinajstić information content (AvgIpc) is 2.37. The summed E-state index contributed by atoms with van der Waals surface area (Å²) in [5, 5.41) is 14.2. The van der Waals surface area contributed by atoms with Gasteiger partial charge in [-0.3, -0.25) is 10.1 Å². The molecule has 0 saturated heterocycles. The van der Waals surface area contributed by atoms with Gasteiger partial charge in [0.25, 0.3) is 5.69 Å². The van der Waals surface area contributed by atoms with Crippen molar-refractivity contribution in [3.63, 3.8) is 0 Å². The highest BCUT2D eigenvalue weighted by molar-refractivity contribution is 5.60. The van der Waals surface area contributed by atoms with Crippen molar-refractivity contribution >= 4 is 11.4 Å². The molecule has 3 atom stereocenters. The van der Waals surface area contributed by atoms with Gasteiger partial charge >= 0.3 is 0 Å². The van der Waals surface area contributed by atoms with E-state index >= 15 is 0 Å². The van der Waals surface area contributed by atoms with Gasteiger partial charge in [-0.25, -0.2) is 0 Å². The lowest BCUT2D eigenvalue weighted by atomic mass is 9.83. The highest BCUT2D eigenvalue weighted by atomic mass is 16.6. The van der Waals surface area contributed by atoms with E-state index < -0.39 is 0 Å². The molecule has 1 fully saturated rings. The number of nitrogens with zero attached hydrogens (tertiary/aromatic N) is 1. The summed E-state index contributed by atoms with van der Waals surface area (Å²) < 4.78 is 5.57. The van der Waals surface area contributed by atoms with Crippen LogP contribution in [0.5, 0.6) is 0 Å². The maximum Gasteiger partial charge on any atom is 0.274 e. The maximum absolute atomic E-state index is 10.9. The van der Waals surface area contributed by atoms with Crippen LogP contribution < -0.4 is 11.1 Å². The molecule has 1 saturated carbocycles. The second kappa shape index (κ2) is 5.54. The zero-order valence-corrected chi connectivity index (χ0v) is 11.1. The van der Waals surface area contributed by atoms with E-state index in [0.717, 1.165) is 12.1 Å². The lowest BCUT2D eigenvalue weighted by Gasteiger charge is -2.43. The Bertz CT molecular complexity index is 476. The molecule has 3 unspecified atom stereocenters. The second-order valence-corrected chi connectivity index (χ2v) is 4.77. The van der Waals surface area contributed by atoms with E-state index in [1.807, 2.05) is 13.0 Å². The third kappa shape index (κ3) is 2.69. The van der Waals surface area contributed by atoms with Crippen LogP contribution in [-0.4, -0.2) is 29.7 Å². The topological polar surface area (TPSA) is 90.4 Å². The van der Waals surface area contributed by atoms with Crippen LogP contribution in [0.2, 0.25) is 0 Å². The highest BCUT2D eigenvalue weighted by Gasteiger charge is 2.39. The fourth-order valence-corrected chi connectivity index (χ4v) is 2.38. The minimum Gasteiger partial charge on any atom is -0.378 e. The van der Waals surface area contributed by atoms with Gasteiger partial charge in [-0.05, 0) is 26.3 Å². The molecule has 6 nitrogen and oxygen atoms in total. The lowest BCUT2D eigenvalue weighted by Crippen LogP contribution is -2.60. The first-order chi connectivity index (χ1) is 9.04. The summed E-state index contributed by atoms with van der Waals surface area (Å²) in [6.07, 6.45) is 0.901. The molecular formula is C13H19N3O3. The van der Waals surface area contributed by atoms with Crippen LogP contribution in [0.3, 0.4) is 0 Å². The van der Waals surface area contributed by atoms with Crippen LogP contribution in [0.25, 0.3) is 0 Å². The number of anilines is 1. The van der Waals surface area contributed by atoms with Gasteiger partial charge < -0.3 is 15.8 Å². The summed E-state index contributed by atoms with van der Waals surface area (Å²) in [6.45, 7) is 4.32. The summed E-state index contributed by atoms with van der Waals surface area (Å²) >= 11 is 0. The predicted octanol–water partition coefficient (Wildman–Crippen LogP) is 1.82. The maximum atomic E-state index is 10.9. The molecule has 0 amide bonds. The van der Waals surface area contributed by atoms with Gasteiger partial charge in [-0.2, -0.15) is 0 Å². The molecule has 19 heavy (non-hydrogen) atoms. The minimum absolute atomic E-state index is 0.0145. The first-order valence-electron chi connectivity index (χ1n) is 6.42. The third-order valence-electron chi connectivity index (χ3n) is 3.57. The Morgan fingerprint density at radius 1 is 1.58 bits per heavy atom. The number of rotatable bonds is 5. The quantitative estimate of drug-likeness (QED) is 0.626. The van der Waals surface area contributed by atoms with Crippen molar-refractivity contribution in [2.24, 2.45) is 5.73 Å². The number of nitro benzene ring substituents is 1. The number of nitrogens with one attached hydrogen (secondary N) is 1. The molecule has 0 aliphatic heterocycles. The normalized spacial score (nSPS) is 25.7. The Labute approximate surface area is 112 Å². The number of ether oxygens (including phenoxy) is 1. The van der Waals surface area contributed by atoms with Crippen LogP contribution in [-0.2, 0) is 4.74 Å². The number of nitro groups is 1. The van der Waals surface area contributed by atoms with Gasteiger partial charge in [0.15, 0.2) is 0 Å². The van der Waals surface area contributed by atoms with Gasteiger partial charge in [0.1, 0.15) is 0 Å². The van der Waals surface area contributed by atoms with E-state index in [1.54, 1.807) is 13.0 Å². The Morgan fingerprint density at radius 3 is 2.89 bits per heavy atom. The van der Waals surface area contributed by atoms with E-state index in [1.165, 1.54) is 6.07 Å². The van der Waals surface area contributed by atoms with Crippen molar-refractivity contribution in [1.82, 2.24) is 0 Å². The zero-order valence-electron chi connectivity index (χ0n) is 11.1. The van der Waals surface area contributed by atoms with Gasteiger partial charge in [-0.15, -0.1) is 0 Å². The second-order valence-electron chi connectivity index (χ2n) is 4.77. The van der Waals surface area contributed by atoms with E-state index in [-0.39, 0.29) is 28.8 Å². The van der Waals surface area contributed by atoms with Crippen molar-refractivity contribution < 1.29 is 9.66 Å². The van der Waals surface area contributed by atoms with Crippen molar-refractivity contribution in [3.8, 4) is 0 Å². The standard InChI is InChI=1S/C13H19N3O3/c1-3-19-12-7-9(14)13(12)15-10-5-4-6-11(8(10)2)16(17)18/h4-6,9,12-13,15H,3,7,14H2,1-2H3. The Morgan fingerprint density at radius 2 is 2.32 bits per heavy atom. The molecule has 3 N–H and O–H groups in total. The van der Waals surface area contributed by atoms with Gasteiger partial charge in [-0.1, -0.05) is 6.07 Å². The van der Waals surface area contributed by atoms with Crippen molar-refractivity contribution in [1.29, 1.82) is 0 Å². The molecule has 0 bridgehead atoms. The van der Waals surface area contributed by atoms with Gasteiger partial charge in [0, 0.05) is 30.0 Å². The van der Waals surface area contributed by atoms with Crippen LogP contribution in [0.1, 0.15) is 18.9 Å². The van der Waals surface area contributed by atoms with Crippen molar-refractivity contribution in [2.75, 3.05) is 11.9 Å². The fourth-order valence-electron chi connectivity index (χ4n) is 2.38. The van der Waals surface area contributed by atoms with E-state index in [4.69, 9.17) is 10.5 Å². The molecule has 104 valence electrons. The molecule has 0 heterocycles. The van der Waals surface area contributed by atoms with Gasteiger partial charge in [0.05, 0.1) is 17.1 Å². The summed E-state index contributed by atoms with van der Waals surface area (Å²) in [4.78, 5) is 10.5. The van der Waals surface area contributed by atoms with Crippen molar-refractivity contribution in [2.45, 2.75) is 38.5 Å². The largest absolute Gasteiger partial charge is 0.378 e. The number of benzene rings is 1. The Kier molecular flexibility index (Phi) is 4.01. The van der Waals surface area contributed by atoms with E-state index in [0.29, 0.717) is 12.2 Å². The number of hydrogen-bond acceptors (Lipinski definition) is 5. The molecule has 1 aliphatic rings. The average molecular weight is 265 g/mol. The SMILES string of the molecule is CCOC1CC(N)C1Nc1cccc([N+](=O)[O-])c1C. The van der Waals surface area contributed by atoms with Crippen LogP contribution in [0.15, 0.2) is 18.2 Å². The molecule has 0 radical (unpaired) electrons. The summed E-state index contributed by atoms with van der Waals surface area (Å²) in [7, 11) is 0. The Hall–Kier alpha value is -1.66. The van der Waals surface area contributed by atoms with E-state index in [9.17, 15) is 10.1 Å². The van der Waals surface area contributed by atoms with Crippen LogP contribution in [0.4, 0.5) is 11.4 Å². The molecule has 6 heteroatoms. The Balaban J connectivity index is 2.15. The summed E-state index contributed by atoms with van der Waals surface area (Å²) in [5.41, 5.74) is 7.46. The first kappa shape index (κ1) is 13.8. The smallest absolute Gasteiger partial charge is 0.274 e. The van der Waals surface area contributed by atoms with Crippen LogP contribution >= 0.6 is 0 Å². The first-order valence-corrected chi connectivity index (χ1v) is 6.42. The van der Waals surface area contributed by atoms with Crippen LogP contribution in [0, 0.1) is 17.0 Å². The van der Waals surface area contributed by atoms with Gasteiger partial charge in [0.2, 0.25) is 0 Å².